The van der Waals surface area contributed by atoms with Gasteiger partial charge >= 0.3 is 11.9 Å². The highest BCUT2D eigenvalue weighted by molar-refractivity contribution is 5.94. The van der Waals surface area contributed by atoms with Crippen LogP contribution in [-0.4, -0.2) is 38.1 Å². The van der Waals surface area contributed by atoms with E-state index in [1.165, 1.54) is 20.3 Å². The Bertz CT molecular complexity index is 539. The number of esters is 2. The molecular weight excluding hydrogens is 286 g/mol. The number of nitrogens with one attached hydrogen (secondary N) is 1. The molecule has 118 valence electrons. The molecule has 1 atom stereocenters. The molecule has 1 aromatic rings. The normalized spacial score (nSPS) is 11.7. The Morgan fingerprint density at radius 1 is 1.14 bits per heavy atom. The van der Waals surface area contributed by atoms with Crippen LogP contribution in [0.4, 0.5) is 0 Å². The van der Waals surface area contributed by atoms with Crippen molar-refractivity contribution in [1.29, 1.82) is 0 Å². The summed E-state index contributed by atoms with van der Waals surface area (Å²) < 4.78 is 9.12. The summed E-state index contributed by atoms with van der Waals surface area (Å²) in [6.45, 7) is 0. The van der Waals surface area contributed by atoms with Crippen molar-refractivity contribution in [3.05, 3.63) is 42.0 Å². The van der Waals surface area contributed by atoms with E-state index in [4.69, 9.17) is 0 Å². The maximum absolute atomic E-state index is 11.8. The van der Waals surface area contributed by atoms with Gasteiger partial charge < -0.3 is 14.8 Å². The van der Waals surface area contributed by atoms with E-state index >= 15 is 0 Å². The second kappa shape index (κ2) is 9.33. The van der Waals surface area contributed by atoms with Crippen LogP contribution in [0.25, 0.3) is 6.08 Å². The van der Waals surface area contributed by atoms with Crippen molar-refractivity contribution in [2.24, 2.45) is 0 Å². The molecule has 0 radical (unpaired) electrons. The molecule has 1 N–H and O–H groups in total. The van der Waals surface area contributed by atoms with Gasteiger partial charge in [0.25, 0.3) is 0 Å². The quantitative estimate of drug-likeness (QED) is 0.607. The smallest absolute Gasteiger partial charge is 0.328 e. The molecule has 0 fully saturated rings. The summed E-state index contributed by atoms with van der Waals surface area (Å²) >= 11 is 0. The van der Waals surface area contributed by atoms with E-state index in [1.807, 2.05) is 30.3 Å². The summed E-state index contributed by atoms with van der Waals surface area (Å²) in [5.41, 5.74) is 0.863. The van der Waals surface area contributed by atoms with Crippen molar-refractivity contribution in [2.45, 2.75) is 18.9 Å². The van der Waals surface area contributed by atoms with E-state index in [0.717, 1.165) is 5.56 Å². The van der Waals surface area contributed by atoms with Gasteiger partial charge in [0.15, 0.2) is 0 Å². The average molecular weight is 305 g/mol. The number of carbonyl (C=O) groups excluding carboxylic acids is 3. The number of carbonyl (C=O) groups is 3. The van der Waals surface area contributed by atoms with Crippen molar-refractivity contribution in [1.82, 2.24) is 5.32 Å². The minimum atomic E-state index is -0.892. The Balaban J connectivity index is 2.60. The van der Waals surface area contributed by atoms with Crippen LogP contribution in [0.2, 0.25) is 0 Å². The molecule has 0 bridgehead atoms. The maximum Gasteiger partial charge on any atom is 0.328 e. The van der Waals surface area contributed by atoms with Gasteiger partial charge in [-0.1, -0.05) is 30.3 Å². The topological polar surface area (TPSA) is 81.7 Å². The van der Waals surface area contributed by atoms with Crippen LogP contribution in [0, 0.1) is 0 Å². The molecule has 0 saturated heterocycles. The van der Waals surface area contributed by atoms with Crippen molar-refractivity contribution in [3.63, 3.8) is 0 Å². The molecule has 0 aromatic heterocycles. The largest absolute Gasteiger partial charge is 0.469 e. The van der Waals surface area contributed by atoms with E-state index < -0.39 is 23.9 Å². The number of amides is 1. The second-order valence-corrected chi connectivity index (χ2v) is 4.44. The first kappa shape index (κ1) is 17.4. The van der Waals surface area contributed by atoms with Gasteiger partial charge in [-0.15, -0.1) is 0 Å². The van der Waals surface area contributed by atoms with Crippen LogP contribution >= 0.6 is 0 Å². The molecule has 0 aliphatic heterocycles. The van der Waals surface area contributed by atoms with Gasteiger partial charge in [-0.3, -0.25) is 9.59 Å². The third kappa shape index (κ3) is 6.21. The van der Waals surface area contributed by atoms with Gasteiger partial charge in [0.1, 0.15) is 6.04 Å². The Hall–Kier alpha value is -2.63. The van der Waals surface area contributed by atoms with E-state index in [9.17, 15) is 14.4 Å². The van der Waals surface area contributed by atoms with Gasteiger partial charge in [0, 0.05) is 12.5 Å². The predicted octanol–water partition coefficient (Wildman–Crippen LogP) is 1.31. The van der Waals surface area contributed by atoms with E-state index in [0.29, 0.717) is 0 Å². The Morgan fingerprint density at radius 2 is 1.82 bits per heavy atom. The fourth-order valence-corrected chi connectivity index (χ4v) is 1.71. The second-order valence-electron chi connectivity index (χ2n) is 4.44. The molecule has 0 aliphatic rings. The summed E-state index contributed by atoms with van der Waals surface area (Å²) in [4.78, 5) is 34.6. The SMILES string of the molecule is COC(=O)CC[C@H](NC(=O)/C=C/c1ccccc1)C(=O)OC. The molecule has 0 heterocycles. The molecule has 1 amide bonds. The summed E-state index contributed by atoms with van der Waals surface area (Å²) in [5, 5.41) is 2.51. The van der Waals surface area contributed by atoms with Gasteiger partial charge in [-0.05, 0) is 18.1 Å². The van der Waals surface area contributed by atoms with Crippen molar-refractivity contribution in [3.8, 4) is 0 Å². The van der Waals surface area contributed by atoms with Gasteiger partial charge in [0.2, 0.25) is 5.91 Å². The zero-order valence-electron chi connectivity index (χ0n) is 12.6. The fourth-order valence-electron chi connectivity index (χ4n) is 1.71. The van der Waals surface area contributed by atoms with Crippen LogP contribution in [-0.2, 0) is 23.9 Å². The van der Waals surface area contributed by atoms with Crippen LogP contribution in [0.1, 0.15) is 18.4 Å². The Labute approximate surface area is 129 Å². The molecule has 6 nitrogen and oxygen atoms in total. The molecule has 22 heavy (non-hydrogen) atoms. The third-order valence-corrected chi connectivity index (χ3v) is 2.89. The summed E-state index contributed by atoms with van der Waals surface area (Å²) in [6, 6.07) is 8.38. The summed E-state index contributed by atoms with van der Waals surface area (Å²) in [7, 11) is 2.48. The molecule has 0 saturated carbocycles. The summed E-state index contributed by atoms with van der Waals surface area (Å²) in [6.07, 6.45) is 3.08. The maximum atomic E-state index is 11.8. The van der Waals surface area contributed by atoms with Gasteiger partial charge in [-0.2, -0.15) is 0 Å². The van der Waals surface area contributed by atoms with Gasteiger partial charge in [-0.25, -0.2) is 4.79 Å². The van der Waals surface area contributed by atoms with Crippen LogP contribution in [0.15, 0.2) is 36.4 Å². The first-order valence-electron chi connectivity index (χ1n) is 6.75. The molecule has 1 aromatic carbocycles. The third-order valence-electron chi connectivity index (χ3n) is 2.89. The minimum absolute atomic E-state index is 0.0128. The molecule has 1 rings (SSSR count). The van der Waals surface area contributed by atoms with Crippen LogP contribution in [0.5, 0.6) is 0 Å². The van der Waals surface area contributed by atoms with Crippen molar-refractivity contribution in [2.75, 3.05) is 14.2 Å². The average Bonchev–Trinajstić information content (AvgIpc) is 2.56. The minimum Gasteiger partial charge on any atom is -0.469 e. The lowest BCUT2D eigenvalue weighted by Gasteiger charge is -2.14. The van der Waals surface area contributed by atoms with E-state index in [-0.39, 0.29) is 12.8 Å². The van der Waals surface area contributed by atoms with E-state index in [1.54, 1.807) is 6.08 Å². The van der Waals surface area contributed by atoms with Gasteiger partial charge in [0.05, 0.1) is 14.2 Å². The highest BCUT2D eigenvalue weighted by atomic mass is 16.5. The molecular formula is C16H19NO5. The molecule has 6 heteroatoms. The van der Waals surface area contributed by atoms with Crippen LogP contribution < -0.4 is 5.32 Å². The monoisotopic (exact) mass is 305 g/mol. The first-order valence-corrected chi connectivity index (χ1v) is 6.75. The van der Waals surface area contributed by atoms with Crippen molar-refractivity contribution < 1.29 is 23.9 Å². The number of ether oxygens (including phenoxy) is 2. The lowest BCUT2D eigenvalue weighted by Crippen LogP contribution is -2.41. The highest BCUT2D eigenvalue weighted by Gasteiger charge is 2.21. The lowest BCUT2D eigenvalue weighted by molar-refractivity contribution is -0.146. The first-order chi connectivity index (χ1) is 10.6. The molecule has 0 unspecified atom stereocenters. The fraction of sp³-hybridized carbons (Fsp3) is 0.312. The zero-order chi connectivity index (χ0) is 16.4. The highest BCUT2D eigenvalue weighted by Crippen LogP contribution is 2.03. The number of rotatable bonds is 7. The van der Waals surface area contributed by atoms with E-state index in [2.05, 4.69) is 14.8 Å². The number of methoxy groups -OCH3 is 2. The summed E-state index contributed by atoms with van der Waals surface area (Å²) in [5.74, 6) is -1.50. The molecule has 0 spiro atoms. The predicted molar refractivity (Wildman–Crippen MR) is 80.7 cm³/mol. The Morgan fingerprint density at radius 3 is 2.41 bits per heavy atom. The Kier molecular flexibility index (Phi) is 7.39. The van der Waals surface area contributed by atoms with Crippen LogP contribution in [0.3, 0.4) is 0 Å². The number of hydrogen-bond acceptors (Lipinski definition) is 5. The molecule has 0 aliphatic carbocycles. The lowest BCUT2D eigenvalue weighted by atomic mass is 10.1. The van der Waals surface area contributed by atoms with Crippen molar-refractivity contribution >= 4 is 23.9 Å². The number of benzene rings is 1. The number of hydrogen-bond donors (Lipinski definition) is 1. The zero-order valence-corrected chi connectivity index (χ0v) is 12.6. The standard InChI is InChI=1S/C16H19NO5/c1-21-15(19)11-9-13(16(20)22-2)17-14(18)10-8-12-6-4-3-5-7-12/h3-8,10,13H,9,11H2,1-2H3,(H,17,18)/b10-8+/t13-/m0/s1.